The van der Waals surface area contributed by atoms with Gasteiger partial charge in [0.05, 0.1) is 6.20 Å². The Bertz CT molecular complexity index is 688. The van der Waals surface area contributed by atoms with E-state index in [1.54, 1.807) is 11.1 Å². The van der Waals surface area contributed by atoms with E-state index in [1.807, 2.05) is 30.3 Å². The van der Waals surface area contributed by atoms with Crippen LogP contribution in [0.2, 0.25) is 0 Å². The van der Waals surface area contributed by atoms with Crippen LogP contribution in [0.5, 0.6) is 0 Å². The lowest BCUT2D eigenvalue weighted by Gasteiger charge is -2.16. The smallest absolute Gasteiger partial charge is 0.228 e. The minimum absolute atomic E-state index is 0.0228. The van der Waals surface area contributed by atoms with E-state index in [9.17, 15) is 4.79 Å². The molecule has 1 aromatic carbocycles. The number of nitrogens with zero attached hydrogens (tertiary/aromatic N) is 5. The summed E-state index contributed by atoms with van der Waals surface area (Å²) in [5.41, 5.74) is 10.3. The first-order chi connectivity index (χ1) is 10.3. The Labute approximate surface area is 121 Å². The number of azide groups is 1. The Morgan fingerprint density at radius 1 is 1.43 bits per heavy atom. The van der Waals surface area contributed by atoms with Gasteiger partial charge in [0.2, 0.25) is 5.91 Å². The van der Waals surface area contributed by atoms with E-state index < -0.39 is 0 Å². The molecule has 2 heterocycles. The maximum atomic E-state index is 12.2. The minimum Gasteiger partial charge on any atom is -0.296 e. The number of amides is 1. The highest BCUT2D eigenvalue weighted by molar-refractivity contribution is 5.98. The first-order valence-corrected chi connectivity index (χ1v) is 6.69. The van der Waals surface area contributed by atoms with Crippen molar-refractivity contribution in [1.82, 2.24) is 10.2 Å². The molecule has 0 aliphatic carbocycles. The number of anilines is 1. The van der Waals surface area contributed by atoms with Crippen molar-refractivity contribution >= 4 is 11.7 Å². The first-order valence-electron chi connectivity index (χ1n) is 6.69. The third kappa shape index (κ3) is 2.59. The summed E-state index contributed by atoms with van der Waals surface area (Å²) in [6.07, 6.45) is 2.12. The molecule has 0 radical (unpaired) electrons. The number of carbonyl (C=O) groups excluding carboxylic acids is 1. The maximum absolute atomic E-state index is 12.2. The predicted octanol–water partition coefficient (Wildman–Crippen LogP) is 2.74. The van der Waals surface area contributed by atoms with Gasteiger partial charge in [-0.2, -0.15) is 5.10 Å². The van der Waals surface area contributed by atoms with Crippen molar-refractivity contribution in [3.05, 3.63) is 47.0 Å². The fourth-order valence-electron chi connectivity index (χ4n) is 2.59. The van der Waals surface area contributed by atoms with E-state index in [-0.39, 0.29) is 11.8 Å². The number of H-pyrrole nitrogens is 1. The van der Waals surface area contributed by atoms with Gasteiger partial charge in [-0.25, -0.2) is 0 Å². The van der Waals surface area contributed by atoms with E-state index in [0.717, 1.165) is 11.1 Å². The Hall–Kier alpha value is -2.79. The number of benzene rings is 1. The monoisotopic (exact) mass is 282 g/mol. The van der Waals surface area contributed by atoms with Gasteiger partial charge in [-0.05, 0) is 17.0 Å². The Morgan fingerprint density at radius 2 is 2.24 bits per heavy atom. The van der Waals surface area contributed by atoms with Gasteiger partial charge >= 0.3 is 0 Å². The lowest BCUT2D eigenvalue weighted by molar-refractivity contribution is -0.117. The van der Waals surface area contributed by atoms with Crippen molar-refractivity contribution in [2.45, 2.75) is 6.42 Å². The van der Waals surface area contributed by atoms with Gasteiger partial charge in [-0.1, -0.05) is 35.4 Å². The summed E-state index contributed by atoms with van der Waals surface area (Å²) in [7, 11) is 0. The molecule has 1 aromatic heterocycles. The molecular weight excluding hydrogens is 268 g/mol. The maximum Gasteiger partial charge on any atom is 0.228 e. The molecule has 1 saturated heterocycles. The number of aromatic amines is 1. The molecule has 1 unspecified atom stereocenters. The summed E-state index contributed by atoms with van der Waals surface area (Å²) in [6, 6.07) is 9.80. The summed E-state index contributed by atoms with van der Waals surface area (Å²) < 4.78 is 0. The largest absolute Gasteiger partial charge is 0.296 e. The molecule has 106 valence electrons. The molecule has 0 saturated carbocycles. The SMILES string of the molecule is [N-]=[N+]=NCC1CC(=O)N(c2[nH]ncc2-c2ccccc2)C1. The average molecular weight is 282 g/mol. The third-order valence-corrected chi connectivity index (χ3v) is 3.58. The number of hydrogen-bond donors (Lipinski definition) is 1. The Morgan fingerprint density at radius 3 is 3.00 bits per heavy atom. The fourth-order valence-corrected chi connectivity index (χ4v) is 2.59. The number of nitrogens with one attached hydrogen (secondary N) is 1. The van der Waals surface area contributed by atoms with Gasteiger partial charge < -0.3 is 0 Å². The molecular formula is C14H14N6O. The second-order valence-electron chi connectivity index (χ2n) is 4.99. The molecule has 1 aliphatic heterocycles. The van der Waals surface area contributed by atoms with Crippen LogP contribution in [-0.4, -0.2) is 29.2 Å². The lowest BCUT2D eigenvalue weighted by Crippen LogP contribution is -2.25. The zero-order valence-corrected chi connectivity index (χ0v) is 11.3. The highest BCUT2D eigenvalue weighted by Crippen LogP contribution is 2.32. The molecule has 21 heavy (non-hydrogen) atoms. The van der Waals surface area contributed by atoms with E-state index in [4.69, 9.17) is 5.53 Å². The van der Waals surface area contributed by atoms with Gasteiger partial charge in [0.25, 0.3) is 0 Å². The van der Waals surface area contributed by atoms with Crippen LogP contribution >= 0.6 is 0 Å². The van der Waals surface area contributed by atoms with Crippen LogP contribution in [0.25, 0.3) is 21.6 Å². The van der Waals surface area contributed by atoms with Crippen molar-refractivity contribution in [3.8, 4) is 11.1 Å². The van der Waals surface area contributed by atoms with Gasteiger partial charge in [-0.3, -0.25) is 14.8 Å². The summed E-state index contributed by atoms with van der Waals surface area (Å²) in [4.78, 5) is 16.6. The lowest BCUT2D eigenvalue weighted by atomic mass is 10.1. The molecule has 1 N–H and O–H groups in total. The van der Waals surface area contributed by atoms with Crippen LogP contribution in [0.15, 0.2) is 41.6 Å². The number of carbonyl (C=O) groups is 1. The Balaban J connectivity index is 1.87. The molecule has 7 nitrogen and oxygen atoms in total. The molecule has 1 aliphatic rings. The summed E-state index contributed by atoms with van der Waals surface area (Å²) in [5, 5.41) is 10.5. The number of aromatic nitrogens is 2. The normalized spacial score (nSPS) is 17.8. The van der Waals surface area contributed by atoms with Gasteiger partial charge in [-0.15, -0.1) is 0 Å². The molecule has 3 rings (SSSR count). The highest BCUT2D eigenvalue weighted by atomic mass is 16.2. The summed E-state index contributed by atoms with van der Waals surface area (Å²) >= 11 is 0. The number of hydrogen-bond acceptors (Lipinski definition) is 3. The topological polar surface area (TPSA) is 97.8 Å². The van der Waals surface area contributed by atoms with Crippen LogP contribution < -0.4 is 4.90 Å². The second kappa shape index (κ2) is 5.68. The van der Waals surface area contributed by atoms with Crippen molar-refractivity contribution in [2.24, 2.45) is 11.0 Å². The van der Waals surface area contributed by atoms with Crippen molar-refractivity contribution in [1.29, 1.82) is 0 Å². The van der Waals surface area contributed by atoms with Crippen LogP contribution in [0.1, 0.15) is 6.42 Å². The first kappa shape index (κ1) is 13.2. The summed E-state index contributed by atoms with van der Waals surface area (Å²) in [6.45, 7) is 0.882. The van der Waals surface area contributed by atoms with Crippen LogP contribution in [0, 0.1) is 5.92 Å². The Kier molecular flexibility index (Phi) is 3.57. The quantitative estimate of drug-likeness (QED) is 0.530. The average Bonchev–Trinajstić information content (AvgIpc) is 3.12. The van der Waals surface area contributed by atoms with Crippen molar-refractivity contribution in [3.63, 3.8) is 0 Å². The molecule has 1 atom stereocenters. The molecule has 1 fully saturated rings. The molecule has 2 aromatic rings. The van der Waals surface area contributed by atoms with Crippen molar-refractivity contribution in [2.75, 3.05) is 18.0 Å². The third-order valence-electron chi connectivity index (χ3n) is 3.58. The zero-order chi connectivity index (χ0) is 14.7. The van der Waals surface area contributed by atoms with E-state index in [1.165, 1.54) is 0 Å². The molecule has 0 spiro atoms. The van der Waals surface area contributed by atoms with E-state index in [0.29, 0.717) is 25.3 Å². The van der Waals surface area contributed by atoms with Crippen LogP contribution in [0.3, 0.4) is 0 Å². The van der Waals surface area contributed by atoms with Crippen LogP contribution in [-0.2, 0) is 4.79 Å². The fraction of sp³-hybridized carbons (Fsp3) is 0.286. The minimum atomic E-state index is 0.0228. The van der Waals surface area contributed by atoms with Crippen LogP contribution in [0.4, 0.5) is 5.82 Å². The van der Waals surface area contributed by atoms with E-state index >= 15 is 0 Å². The molecule has 0 bridgehead atoms. The van der Waals surface area contributed by atoms with Gasteiger partial charge in [0.15, 0.2) is 0 Å². The number of rotatable bonds is 4. The predicted molar refractivity (Wildman–Crippen MR) is 78.5 cm³/mol. The zero-order valence-electron chi connectivity index (χ0n) is 11.3. The highest BCUT2D eigenvalue weighted by Gasteiger charge is 2.32. The van der Waals surface area contributed by atoms with Gasteiger partial charge in [0.1, 0.15) is 5.82 Å². The molecule has 7 heteroatoms. The van der Waals surface area contributed by atoms with Gasteiger partial charge in [0, 0.05) is 30.0 Å². The molecule has 1 amide bonds. The van der Waals surface area contributed by atoms with E-state index in [2.05, 4.69) is 20.2 Å². The second-order valence-corrected chi connectivity index (χ2v) is 4.99. The van der Waals surface area contributed by atoms with Crippen molar-refractivity contribution < 1.29 is 4.79 Å². The summed E-state index contributed by atoms with van der Waals surface area (Å²) in [5.74, 6) is 0.782. The standard InChI is InChI=1S/C14H14N6O/c15-19-17-7-10-6-13(21)20(9-10)14-12(8-16-18-14)11-4-2-1-3-5-11/h1-5,8,10H,6-7,9H2,(H,16,18).